The highest BCUT2D eigenvalue weighted by Crippen LogP contribution is 2.27. The van der Waals surface area contributed by atoms with Crippen molar-refractivity contribution in [1.29, 1.82) is 0 Å². The minimum Gasteiger partial charge on any atom is -0.336 e. The van der Waals surface area contributed by atoms with Gasteiger partial charge in [0.2, 0.25) is 0 Å². The number of hydrogen-bond acceptors (Lipinski definition) is 5. The van der Waals surface area contributed by atoms with Crippen LogP contribution in [0.5, 0.6) is 0 Å². The number of nitrogens with zero attached hydrogens (tertiary/aromatic N) is 6. The fourth-order valence-electron chi connectivity index (χ4n) is 3.85. The number of piperazine rings is 1. The van der Waals surface area contributed by atoms with Crippen molar-refractivity contribution in [3.63, 3.8) is 0 Å². The van der Waals surface area contributed by atoms with Crippen molar-refractivity contribution >= 4 is 41.8 Å². The minimum absolute atomic E-state index is 0. The lowest BCUT2D eigenvalue weighted by molar-refractivity contribution is 0.0622. The highest BCUT2D eigenvalue weighted by Gasteiger charge is 2.32. The smallest absolute Gasteiger partial charge is 0.255 e. The Morgan fingerprint density at radius 3 is 2.80 bits per heavy atom. The predicted octanol–water partition coefficient (Wildman–Crippen LogP) is 3.07. The number of amides is 1. The van der Waals surface area contributed by atoms with Crippen LogP contribution < -0.4 is 5.32 Å². The number of halogens is 2. The molecule has 2 atom stereocenters. The summed E-state index contributed by atoms with van der Waals surface area (Å²) in [5.74, 6) is 0.895. The lowest BCUT2D eigenvalue weighted by Crippen LogP contribution is -2.49. The van der Waals surface area contributed by atoms with Gasteiger partial charge in [-0.2, -0.15) is 5.10 Å². The van der Waals surface area contributed by atoms with Crippen LogP contribution in [-0.2, 0) is 7.05 Å². The summed E-state index contributed by atoms with van der Waals surface area (Å²) >= 11 is 0. The van der Waals surface area contributed by atoms with Gasteiger partial charge in [-0.05, 0) is 26.3 Å². The van der Waals surface area contributed by atoms with Gasteiger partial charge in [0.25, 0.3) is 5.91 Å². The highest BCUT2D eigenvalue weighted by atomic mass is 35.5. The molecule has 1 amide bonds. The summed E-state index contributed by atoms with van der Waals surface area (Å²) in [6.07, 6.45) is 6.42. The van der Waals surface area contributed by atoms with Gasteiger partial charge < -0.3 is 14.8 Å². The van der Waals surface area contributed by atoms with Crippen molar-refractivity contribution in [3.05, 3.63) is 41.7 Å². The third kappa shape index (κ3) is 4.17. The first kappa shape index (κ1) is 24.1. The van der Waals surface area contributed by atoms with Crippen molar-refractivity contribution in [2.45, 2.75) is 39.3 Å². The van der Waals surface area contributed by atoms with E-state index in [-0.39, 0.29) is 42.8 Å². The molecule has 0 bridgehead atoms. The molecule has 3 aromatic rings. The van der Waals surface area contributed by atoms with E-state index in [2.05, 4.69) is 34.2 Å². The van der Waals surface area contributed by atoms with Crippen LogP contribution in [0.3, 0.4) is 0 Å². The number of carbonyl (C=O) groups excluding carboxylic acids is 1. The number of carbonyl (C=O) groups is 1. The Hall–Kier alpha value is -2.16. The molecule has 30 heavy (non-hydrogen) atoms. The van der Waals surface area contributed by atoms with Crippen molar-refractivity contribution in [1.82, 2.24) is 34.5 Å². The summed E-state index contributed by atoms with van der Waals surface area (Å²) in [6.45, 7) is 8.27. The monoisotopic (exact) mass is 453 g/mol. The third-order valence-corrected chi connectivity index (χ3v) is 5.59. The van der Waals surface area contributed by atoms with E-state index in [1.807, 2.05) is 40.4 Å². The van der Waals surface area contributed by atoms with Crippen molar-refractivity contribution < 1.29 is 4.79 Å². The molecule has 8 nitrogen and oxygen atoms in total. The topological polar surface area (TPSA) is 80.9 Å². The molecule has 0 saturated carbocycles. The van der Waals surface area contributed by atoms with Crippen LogP contribution in [0.15, 0.2) is 24.7 Å². The second-order valence-corrected chi connectivity index (χ2v) is 7.51. The second kappa shape index (κ2) is 9.76. The molecule has 4 rings (SSSR count). The second-order valence-electron chi connectivity index (χ2n) is 7.51. The SMILES string of the molecule is CCC(C)n1ncc2c(C(=O)N3CCNCC3c3nccn3C)cc(C)nc21.Cl.Cl. The van der Waals surface area contributed by atoms with Crippen LogP contribution in [-0.4, -0.2) is 54.8 Å². The molecule has 1 saturated heterocycles. The van der Waals surface area contributed by atoms with E-state index in [4.69, 9.17) is 0 Å². The summed E-state index contributed by atoms with van der Waals surface area (Å²) in [6, 6.07) is 2.01. The summed E-state index contributed by atoms with van der Waals surface area (Å²) < 4.78 is 3.90. The molecule has 164 valence electrons. The number of nitrogens with one attached hydrogen (secondary N) is 1. The summed E-state index contributed by atoms with van der Waals surface area (Å²) in [7, 11) is 1.96. The molecule has 1 fully saturated rings. The average molecular weight is 454 g/mol. The number of pyridine rings is 1. The molecule has 1 aliphatic heterocycles. The van der Waals surface area contributed by atoms with Crippen molar-refractivity contribution in [2.75, 3.05) is 19.6 Å². The first-order chi connectivity index (χ1) is 13.5. The molecule has 0 aromatic carbocycles. The Labute approximate surface area is 188 Å². The number of hydrogen-bond donors (Lipinski definition) is 1. The third-order valence-electron chi connectivity index (χ3n) is 5.59. The maximum atomic E-state index is 13.6. The lowest BCUT2D eigenvalue weighted by atomic mass is 10.1. The normalized spacial score (nSPS) is 17.3. The van der Waals surface area contributed by atoms with Gasteiger partial charge in [0.1, 0.15) is 11.9 Å². The number of fused-ring (bicyclic) bond motifs is 1. The Kier molecular flexibility index (Phi) is 7.85. The van der Waals surface area contributed by atoms with Crippen LogP contribution in [0.4, 0.5) is 0 Å². The van der Waals surface area contributed by atoms with Crippen molar-refractivity contribution in [3.8, 4) is 0 Å². The molecule has 2 unspecified atom stereocenters. The molecular formula is C20H29Cl2N7O. The summed E-state index contributed by atoms with van der Waals surface area (Å²) in [5.41, 5.74) is 2.27. The Morgan fingerprint density at radius 1 is 1.37 bits per heavy atom. The zero-order chi connectivity index (χ0) is 19.8. The van der Waals surface area contributed by atoms with Gasteiger partial charge in [-0.25, -0.2) is 14.6 Å². The number of aryl methyl sites for hydroxylation is 2. The van der Waals surface area contributed by atoms with E-state index in [9.17, 15) is 4.79 Å². The molecule has 0 aliphatic carbocycles. The molecule has 3 aromatic heterocycles. The van der Waals surface area contributed by atoms with Crippen LogP contribution in [0, 0.1) is 6.92 Å². The minimum atomic E-state index is -0.102. The molecular weight excluding hydrogens is 425 g/mol. The predicted molar refractivity (Wildman–Crippen MR) is 122 cm³/mol. The van der Waals surface area contributed by atoms with Gasteiger partial charge in [-0.3, -0.25) is 4.79 Å². The zero-order valence-corrected chi connectivity index (χ0v) is 19.3. The number of imidazole rings is 1. The Balaban J connectivity index is 0.00000160. The van der Waals surface area contributed by atoms with Crippen LogP contribution in [0.1, 0.15) is 54.2 Å². The first-order valence-corrected chi connectivity index (χ1v) is 9.85. The maximum absolute atomic E-state index is 13.6. The van der Waals surface area contributed by atoms with E-state index in [0.29, 0.717) is 18.7 Å². The van der Waals surface area contributed by atoms with E-state index >= 15 is 0 Å². The molecule has 1 N–H and O–H groups in total. The fourth-order valence-corrected chi connectivity index (χ4v) is 3.85. The van der Waals surface area contributed by atoms with E-state index in [0.717, 1.165) is 35.5 Å². The van der Waals surface area contributed by atoms with E-state index < -0.39 is 0 Å². The standard InChI is InChI=1S/C20H27N7O.2ClH/c1-5-14(3)27-18-16(11-23-27)15(10-13(2)24-18)20(28)26-9-6-21-12-17(26)19-22-7-8-25(19)4;;/h7-8,10-11,14,17,21H,5-6,9,12H2,1-4H3;2*1H. The average Bonchev–Trinajstić information content (AvgIpc) is 3.32. The largest absolute Gasteiger partial charge is 0.336 e. The van der Waals surface area contributed by atoms with Gasteiger partial charge in [0.15, 0.2) is 5.65 Å². The van der Waals surface area contributed by atoms with E-state index in [1.54, 1.807) is 12.4 Å². The van der Waals surface area contributed by atoms with Crippen molar-refractivity contribution in [2.24, 2.45) is 7.05 Å². The molecule has 10 heteroatoms. The first-order valence-electron chi connectivity index (χ1n) is 9.85. The van der Waals surface area contributed by atoms with Crippen LogP contribution in [0.2, 0.25) is 0 Å². The number of aromatic nitrogens is 5. The van der Waals surface area contributed by atoms with Crippen LogP contribution >= 0.6 is 24.8 Å². The fraction of sp³-hybridized carbons (Fsp3) is 0.500. The van der Waals surface area contributed by atoms with Crippen LogP contribution in [0.25, 0.3) is 11.0 Å². The number of rotatable bonds is 4. The van der Waals surface area contributed by atoms with Gasteiger partial charge in [0, 0.05) is 44.8 Å². The van der Waals surface area contributed by atoms with Gasteiger partial charge in [-0.15, -0.1) is 24.8 Å². The Morgan fingerprint density at radius 2 is 2.13 bits per heavy atom. The quantitative estimate of drug-likeness (QED) is 0.656. The highest BCUT2D eigenvalue weighted by molar-refractivity contribution is 6.05. The van der Waals surface area contributed by atoms with Gasteiger partial charge in [-0.1, -0.05) is 6.92 Å². The molecule has 0 radical (unpaired) electrons. The summed E-state index contributed by atoms with van der Waals surface area (Å²) in [4.78, 5) is 24.7. The Bertz CT molecular complexity index is 1020. The van der Waals surface area contributed by atoms with Gasteiger partial charge in [0.05, 0.1) is 23.2 Å². The lowest BCUT2D eigenvalue weighted by Gasteiger charge is -2.36. The van der Waals surface area contributed by atoms with E-state index in [1.165, 1.54) is 0 Å². The molecule has 0 spiro atoms. The molecule has 1 aliphatic rings. The van der Waals surface area contributed by atoms with Gasteiger partial charge >= 0.3 is 0 Å². The molecule has 4 heterocycles. The summed E-state index contributed by atoms with van der Waals surface area (Å²) in [5, 5.41) is 8.73. The zero-order valence-electron chi connectivity index (χ0n) is 17.7. The maximum Gasteiger partial charge on any atom is 0.255 e.